The summed E-state index contributed by atoms with van der Waals surface area (Å²) < 4.78 is 38.7. The lowest BCUT2D eigenvalue weighted by Crippen LogP contribution is -2.41. The number of hydrogen-bond acceptors (Lipinski definition) is 5. The average Bonchev–Trinajstić information content (AvgIpc) is 2.82. The minimum absolute atomic E-state index is 0.0926. The van der Waals surface area contributed by atoms with Crippen molar-refractivity contribution >= 4 is 21.6 Å². The fourth-order valence-corrected chi connectivity index (χ4v) is 4.80. The molecule has 0 aliphatic heterocycles. The molecule has 0 aliphatic carbocycles. The molecule has 7 nitrogen and oxygen atoms in total. The van der Waals surface area contributed by atoms with Gasteiger partial charge < -0.3 is 14.8 Å². The summed E-state index contributed by atoms with van der Waals surface area (Å²) in [6.45, 7) is 3.31. The van der Waals surface area contributed by atoms with Gasteiger partial charge in [-0.15, -0.1) is 0 Å². The van der Waals surface area contributed by atoms with Crippen LogP contribution in [0.4, 0.5) is 5.69 Å². The molecule has 0 saturated carbocycles. The van der Waals surface area contributed by atoms with E-state index in [1.807, 2.05) is 26.0 Å². The van der Waals surface area contributed by atoms with Crippen molar-refractivity contribution in [2.75, 3.05) is 25.1 Å². The van der Waals surface area contributed by atoms with Gasteiger partial charge in [-0.2, -0.15) is 0 Å². The molecule has 0 radical (unpaired) electrons. The standard InChI is InChI=1S/C25H28N2O5S/c1-18-9-15-22(16-10-18)33(29,30)27(23-7-5-6-8-24(23)32-4)17-25(28)26-19(2)20-11-13-21(31-3)14-12-20/h5-16,19H,17H2,1-4H3,(H,26,28)/t19-/m1/s1. The molecule has 0 spiro atoms. The van der Waals surface area contributed by atoms with Gasteiger partial charge in [0.15, 0.2) is 0 Å². The van der Waals surface area contributed by atoms with Crippen molar-refractivity contribution in [1.82, 2.24) is 5.32 Å². The minimum atomic E-state index is -4.03. The molecule has 0 bridgehead atoms. The number of ether oxygens (including phenoxy) is 2. The summed E-state index contributed by atoms with van der Waals surface area (Å²) in [7, 11) is -0.988. The molecule has 0 saturated heterocycles. The Kier molecular flexibility index (Phi) is 7.60. The quantitative estimate of drug-likeness (QED) is 0.511. The van der Waals surface area contributed by atoms with Crippen molar-refractivity contribution < 1.29 is 22.7 Å². The zero-order chi connectivity index (χ0) is 24.0. The van der Waals surface area contributed by atoms with Crippen LogP contribution >= 0.6 is 0 Å². The highest BCUT2D eigenvalue weighted by Gasteiger charge is 2.29. The second kappa shape index (κ2) is 10.4. The number of rotatable bonds is 9. The highest BCUT2D eigenvalue weighted by Crippen LogP contribution is 2.32. The van der Waals surface area contributed by atoms with Gasteiger partial charge in [0, 0.05) is 0 Å². The number of nitrogens with zero attached hydrogens (tertiary/aromatic N) is 1. The van der Waals surface area contributed by atoms with E-state index in [9.17, 15) is 13.2 Å². The Morgan fingerprint density at radius 1 is 0.939 bits per heavy atom. The van der Waals surface area contributed by atoms with Gasteiger partial charge >= 0.3 is 0 Å². The Balaban J connectivity index is 1.90. The van der Waals surface area contributed by atoms with Crippen molar-refractivity contribution in [2.45, 2.75) is 24.8 Å². The van der Waals surface area contributed by atoms with Crippen LogP contribution in [-0.2, 0) is 14.8 Å². The molecule has 3 aromatic rings. The van der Waals surface area contributed by atoms with Crippen molar-refractivity contribution in [3.8, 4) is 11.5 Å². The van der Waals surface area contributed by atoms with Crippen LogP contribution < -0.4 is 19.1 Å². The van der Waals surface area contributed by atoms with Crippen LogP contribution in [0.15, 0.2) is 77.7 Å². The molecule has 33 heavy (non-hydrogen) atoms. The molecule has 0 aliphatic rings. The number of amides is 1. The summed E-state index contributed by atoms with van der Waals surface area (Å²) in [4.78, 5) is 13.1. The van der Waals surface area contributed by atoms with Crippen LogP contribution in [0.5, 0.6) is 11.5 Å². The summed E-state index contributed by atoms with van der Waals surface area (Å²) in [6.07, 6.45) is 0. The fraction of sp³-hybridized carbons (Fsp3) is 0.240. The van der Waals surface area contributed by atoms with E-state index in [-0.39, 0.29) is 16.6 Å². The Morgan fingerprint density at radius 3 is 2.18 bits per heavy atom. The molecule has 1 atom stereocenters. The average molecular weight is 469 g/mol. The number of carbonyl (C=O) groups excluding carboxylic acids is 1. The Labute approximate surface area is 195 Å². The molecule has 8 heteroatoms. The molecule has 0 fully saturated rings. The lowest BCUT2D eigenvalue weighted by molar-refractivity contribution is -0.120. The van der Waals surface area contributed by atoms with Gasteiger partial charge in [-0.05, 0) is 55.8 Å². The monoisotopic (exact) mass is 468 g/mol. The smallest absolute Gasteiger partial charge is 0.264 e. The van der Waals surface area contributed by atoms with E-state index in [4.69, 9.17) is 9.47 Å². The number of aryl methyl sites for hydroxylation is 1. The summed E-state index contributed by atoms with van der Waals surface area (Å²) >= 11 is 0. The van der Waals surface area contributed by atoms with Gasteiger partial charge in [0.25, 0.3) is 10.0 Å². The normalized spacial score (nSPS) is 12.0. The predicted octanol–water partition coefficient (Wildman–Crippen LogP) is 4.08. The van der Waals surface area contributed by atoms with Crippen LogP contribution in [-0.4, -0.2) is 35.1 Å². The maximum atomic E-state index is 13.6. The van der Waals surface area contributed by atoms with Gasteiger partial charge in [0.2, 0.25) is 5.91 Å². The molecule has 1 N–H and O–H groups in total. The van der Waals surface area contributed by atoms with Crippen LogP contribution in [0.25, 0.3) is 0 Å². The third-order valence-corrected chi connectivity index (χ3v) is 7.02. The van der Waals surface area contributed by atoms with Gasteiger partial charge in [-0.3, -0.25) is 9.10 Å². The number of anilines is 1. The summed E-state index contributed by atoms with van der Waals surface area (Å²) in [5, 5.41) is 2.88. The maximum Gasteiger partial charge on any atom is 0.264 e. The van der Waals surface area contributed by atoms with Gasteiger partial charge in [0.05, 0.1) is 30.8 Å². The van der Waals surface area contributed by atoms with Crippen molar-refractivity contribution in [1.29, 1.82) is 0 Å². The van der Waals surface area contributed by atoms with Crippen LogP contribution in [0.2, 0.25) is 0 Å². The van der Waals surface area contributed by atoms with E-state index in [0.717, 1.165) is 15.4 Å². The van der Waals surface area contributed by atoms with Crippen LogP contribution in [0.1, 0.15) is 24.1 Å². The predicted molar refractivity (Wildman–Crippen MR) is 128 cm³/mol. The van der Waals surface area contributed by atoms with Crippen molar-refractivity contribution in [3.63, 3.8) is 0 Å². The highest BCUT2D eigenvalue weighted by molar-refractivity contribution is 7.92. The Bertz CT molecular complexity index is 1190. The topological polar surface area (TPSA) is 84.9 Å². The largest absolute Gasteiger partial charge is 0.497 e. The first-order valence-electron chi connectivity index (χ1n) is 10.4. The van der Waals surface area contributed by atoms with Crippen molar-refractivity contribution in [2.24, 2.45) is 0 Å². The zero-order valence-corrected chi connectivity index (χ0v) is 19.9. The number of methoxy groups -OCH3 is 2. The maximum absolute atomic E-state index is 13.6. The molecule has 174 valence electrons. The van der Waals surface area contributed by atoms with E-state index in [1.165, 1.54) is 19.2 Å². The van der Waals surface area contributed by atoms with Gasteiger partial charge in [-0.1, -0.05) is 42.0 Å². The molecular formula is C25H28N2O5S. The van der Waals surface area contributed by atoms with Gasteiger partial charge in [-0.25, -0.2) is 8.42 Å². The van der Waals surface area contributed by atoms with Crippen LogP contribution in [0, 0.1) is 6.92 Å². The van der Waals surface area contributed by atoms with Crippen molar-refractivity contribution in [3.05, 3.63) is 83.9 Å². The Morgan fingerprint density at radius 2 is 1.58 bits per heavy atom. The first-order chi connectivity index (χ1) is 15.8. The second-order valence-corrected chi connectivity index (χ2v) is 9.42. The third kappa shape index (κ3) is 5.64. The van der Waals surface area contributed by atoms with E-state index < -0.39 is 22.5 Å². The lowest BCUT2D eigenvalue weighted by atomic mass is 10.1. The fourth-order valence-electron chi connectivity index (χ4n) is 3.37. The van der Waals surface area contributed by atoms with E-state index in [2.05, 4.69) is 5.32 Å². The third-order valence-electron chi connectivity index (χ3n) is 5.24. The number of benzene rings is 3. The molecule has 0 heterocycles. The molecular weight excluding hydrogens is 440 g/mol. The number of nitrogens with one attached hydrogen (secondary N) is 1. The highest BCUT2D eigenvalue weighted by atomic mass is 32.2. The van der Waals surface area contributed by atoms with E-state index in [0.29, 0.717) is 11.5 Å². The number of hydrogen-bond donors (Lipinski definition) is 1. The lowest BCUT2D eigenvalue weighted by Gasteiger charge is -2.26. The van der Waals surface area contributed by atoms with Crippen LogP contribution in [0.3, 0.4) is 0 Å². The first-order valence-corrected chi connectivity index (χ1v) is 11.9. The number of carbonyl (C=O) groups is 1. The molecule has 0 unspecified atom stereocenters. The summed E-state index contributed by atoms with van der Waals surface area (Å²) in [5.41, 5.74) is 2.09. The Hall–Kier alpha value is -3.52. The van der Waals surface area contributed by atoms with E-state index in [1.54, 1.807) is 55.6 Å². The second-order valence-electron chi connectivity index (χ2n) is 7.56. The molecule has 1 amide bonds. The summed E-state index contributed by atoms with van der Waals surface area (Å²) in [6, 6.07) is 20.2. The number of sulfonamides is 1. The summed E-state index contributed by atoms with van der Waals surface area (Å²) in [5.74, 6) is 0.618. The molecule has 3 rings (SSSR count). The van der Waals surface area contributed by atoms with E-state index >= 15 is 0 Å². The minimum Gasteiger partial charge on any atom is -0.497 e. The molecule has 0 aromatic heterocycles. The van der Waals surface area contributed by atoms with Gasteiger partial charge in [0.1, 0.15) is 18.0 Å². The SMILES string of the molecule is COc1ccc([C@@H](C)NC(=O)CN(c2ccccc2OC)S(=O)(=O)c2ccc(C)cc2)cc1. The molecule has 3 aromatic carbocycles. The first kappa shape index (κ1) is 24.1. The number of para-hydroxylation sites is 2. The zero-order valence-electron chi connectivity index (χ0n) is 19.1.